The first kappa shape index (κ1) is 12.8. The second-order valence-corrected chi connectivity index (χ2v) is 6.48. The first-order valence-electron chi connectivity index (χ1n) is 5.69. The fraction of sp³-hybridized carbons (Fsp3) is 0.571. The smallest absolute Gasteiger partial charge is 0.0125 e. The van der Waals surface area contributed by atoms with Crippen molar-refractivity contribution in [2.24, 2.45) is 0 Å². The summed E-state index contributed by atoms with van der Waals surface area (Å²) in [5, 5.41) is 0. The van der Waals surface area contributed by atoms with E-state index < -0.39 is 0 Å². The predicted molar refractivity (Wildman–Crippen MR) is 71.9 cm³/mol. The molecule has 1 atom stereocenters. The second-order valence-electron chi connectivity index (χ2n) is 4.92. The van der Waals surface area contributed by atoms with Crippen LogP contribution in [0.2, 0.25) is 0 Å². The van der Waals surface area contributed by atoms with E-state index in [-0.39, 0.29) is 5.41 Å². The Hall–Kier alpha value is -0.300. The van der Waals surface area contributed by atoms with Gasteiger partial charge in [-0.25, -0.2) is 0 Å². The van der Waals surface area contributed by atoms with Crippen molar-refractivity contribution < 1.29 is 0 Å². The fourth-order valence-corrected chi connectivity index (χ4v) is 2.82. The third-order valence-electron chi connectivity index (χ3n) is 2.94. The maximum atomic E-state index is 3.64. The lowest BCUT2D eigenvalue weighted by Gasteiger charge is -2.26. The molecular formula is C14H21Br. The maximum absolute atomic E-state index is 3.64. The van der Waals surface area contributed by atoms with Gasteiger partial charge < -0.3 is 0 Å². The zero-order valence-electron chi connectivity index (χ0n) is 10.2. The lowest BCUT2D eigenvalue weighted by molar-refractivity contribution is 0.482. The van der Waals surface area contributed by atoms with Gasteiger partial charge in [0.05, 0.1) is 0 Å². The molecule has 84 valence electrons. The summed E-state index contributed by atoms with van der Waals surface area (Å²) in [6.45, 7) is 9.03. The summed E-state index contributed by atoms with van der Waals surface area (Å²) in [5.74, 6) is 0. The molecule has 1 aromatic carbocycles. The van der Waals surface area contributed by atoms with E-state index in [1.807, 2.05) is 0 Å². The van der Waals surface area contributed by atoms with Crippen LogP contribution in [0.1, 0.15) is 45.2 Å². The van der Waals surface area contributed by atoms with E-state index in [0.717, 1.165) is 6.42 Å². The molecule has 1 rings (SSSR count). The fourth-order valence-electron chi connectivity index (χ4n) is 2.01. The van der Waals surface area contributed by atoms with Crippen LogP contribution in [0.15, 0.2) is 24.3 Å². The summed E-state index contributed by atoms with van der Waals surface area (Å²) in [6.07, 6.45) is 2.29. The largest absolute Gasteiger partial charge is 0.0893 e. The highest BCUT2D eigenvalue weighted by Crippen LogP contribution is 2.30. The van der Waals surface area contributed by atoms with E-state index in [1.165, 1.54) is 17.5 Å². The molecule has 0 radical (unpaired) electrons. The zero-order chi connectivity index (χ0) is 11.5. The number of rotatable bonds is 4. The molecule has 0 heterocycles. The van der Waals surface area contributed by atoms with Crippen LogP contribution in [0.5, 0.6) is 0 Å². The Morgan fingerprint density at radius 3 is 2.13 bits per heavy atom. The van der Waals surface area contributed by atoms with Gasteiger partial charge in [0, 0.05) is 4.83 Å². The van der Waals surface area contributed by atoms with Crippen molar-refractivity contribution in [3.8, 4) is 0 Å². The number of hydrogen-bond donors (Lipinski definition) is 0. The molecule has 0 saturated heterocycles. The maximum Gasteiger partial charge on any atom is 0.0125 e. The van der Waals surface area contributed by atoms with Gasteiger partial charge in [0.2, 0.25) is 0 Å². The molecule has 0 nitrogen and oxygen atoms in total. The molecule has 0 aliphatic heterocycles. The van der Waals surface area contributed by atoms with Gasteiger partial charge in [0.1, 0.15) is 0 Å². The van der Waals surface area contributed by atoms with E-state index in [0.29, 0.717) is 4.83 Å². The van der Waals surface area contributed by atoms with E-state index in [9.17, 15) is 0 Å². The van der Waals surface area contributed by atoms with E-state index in [1.54, 1.807) is 0 Å². The minimum Gasteiger partial charge on any atom is -0.0893 e. The third-order valence-corrected chi connectivity index (χ3v) is 3.26. The quantitative estimate of drug-likeness (QED) is 0.695. The van der Waals surface area contributed by atoms with Crippen LogP contribution in [-0.4, -0.2) is 4.83 Å². The number of hydrogen-bond acceptors (Lipinski definition) is 0. The Labute approximate surface area is 102 Å². The summed E-state index contributed by atoms with van der Waals surface area (Å²) in [5.41, 5.74) is 3.11. The van der Waals surface area contributed by atoms with Gasteiger partial charge in [0.25, 0.3) is 0 Å². The summed E-state index contributed by atoms with van der Waals surface area (Å²) in [7, 11) is 0. The molecule has 0 aromatic heterocycles. The molecule has 0 fully saturated rings. The number of alkyl halides is 1. The Bertz CT molecular complexity index is 296. The van der Waals surface area contributed by atoms with E-state index in [2.05, 4.69) is 67.9 Å². The molecule has 15 heavy (non-hydrogen) atoms. The van der Waals surface area contributed by atoms with E-state index >= 15 is 0 Å². The average Bonchev–Trinajstić information content (AvgIpc) is 2.16. The lowest BCUT2D eigenvalue weighted by Crippen LogP contribution is -2.20. The highest BCUT2D eigenvalue weighted by atomic mass is 79.9. The van der Waals surface area contributed by atoms with Crippen molar-refractivity contribution in [1.82, 2.24) is 0 Å². The lowest BCUT2D eigenvalue weighted by atomic mass is 9.80. The molecule has 0 N–H and O–H groups in total. The van der Waals surface area contributed by atoms with Crippen LogP contribution in [0.4, 0.5) is 0 Å². The van der Waals surface area contributed by atoms with E-state index in [4.69, 9.17) is 0 Å². The molecule has 1 heteroatoms. The van der Waals surface area contributed by atoms with Crippen LogP contribution in [-0.2, 0) is 11.8 Å². The Morgan fingerprint density at radius 1 is 1.20 bits per heavy atom. The molecule has 0 spiro atoms. The Morgan fingerprint density at radius 2 is 1.73 bits per heavy atom. The highest BCUT2D eigenvalue weighted by Gasteiger charge is 2.22. The minimum absolute atomic E-state index is 0.259. The van der Waals surface area contributed by atoms with Gasteiger partial charge in [-0.05, 0) is 29.4 Å². The van der Waals surface area contributed by atoms with Gasteiger partial charge in [0.15, 0.2) is 0 Å². The van der Waals surface area contributed by atoms with Crippen molar-refractivity contribution in [1.29, 1.82) is 0 Å². The normalized spacial score (nSPS) is 13.9. The van der Waals surface area contributed by atoms with Gasteiger partial charge in [-0.2, -0.15) is 0 Å². The van der Waals surface area contributed by atoms with Crippen molar-refractivity contribution in [2.45, 2.75) is 50.8 Å². The van der Waals surface area contributed by atoms with Crippen LogP contribution in [0.3, 0.4) is 0 Å². The molecule has 1 aromatic rings. The van der Waals surface area contributed by atoms with Gasteiger partial charge in [-0.1, -0.05) is 67.9 Å². The molecule has 0 amide bonds. The topological polar surface area (TPSA) is 0 Å². The van der Waals surface area contributed by atoms with Crippen LogP contribution in [0, 0.1) is 0 Å². The minimum atomic E-state index is 0.259. The van der Waals surface area contributed by atoms with Crippen molar-refractivity contribution >= 4 is 15.9 Å². The third kappa shape index (κ3) is 3.64. The zero-order valence-corrected chi connectivity index (χ0v) is 11.8. The number of benzene rings is 1. The number of aryl methyl sites for hydroxylation is 1. The monoisotopic (exact) mass is 268 g/mol. The van der Waals surface area contributed by atoms with Gasteiger partial charge in [-0.15, -0.1) is 0 Å². The van der Waals surface area contributed by atoms with Crippen LogP contribution >= 0.6 is 15.9 Å². The molecule has 1 unspecified atom stereocenters. The first-order valence-corrected chi connectivity index (χ1v) is 6.61. The standard InChI is InChI=1S/C14H21Br/c1-5-12-6-8-13(9-7-12)14(3,4)10-11(2)15/h6-9,11H,5,10H2,1-4H3. The Balaban J connectivity index is 2.85. The Kier molecular flexibility index (Phi) is 4.39. The first-order chi connectivity index (χ1) is 6.95. The predicted octanol–water partition coefficient (Wildman–Crippen LogP) is 4.70. The summed E-state index contributed by atoms with van der Waals surface area (Å²) in [4.78, 5) is 0.568. The molecule has 0 aliphatic carbocycles. The number of halogens is 1. The summed E-state index contributed by atoms with van der Waals surface area (Å²) in [6, 6.07) is 9.04. The molecule has 0 bridgehead atoms. The molecule has 0 aliphatic rings. The molecular weight excluding hydrogens is 248 g/mol. The van der Waals surface area contributed by atoms with Crippen molar-refractivity contribution in [3.63, 3.8) is 0 Å². The second kappa shape index (κ2) is 5.16. The van der Waals surface area contributed by atoms with Crippen molar-refractivity contribution in [2.75, 3.05) is 0 Å². The van der Waals surface area contributed by atoms with Crippen LogP contribution < -0.4 is 0 Å². The van der Waals surface area contributed by atoms with Crippen molar-refractivity contribution in [3.05, 3.63) is 35.4 Å². The average molecular weight is 269 g/mol. The van der Waals surface area contributed by atoms with Crippen LogP contribution in [0.25, 0.3) is 0 Å². The highest BCUT2D eigenvalue weighted by molar-refractivity contribution is 9.09. The SMILES string of the molecule is CCc1ccc(C(C)(C)CC(C)Br)cc1. The summed E-state index contributed by atoms with van der Waals surface area (Å²) >= 11 is 3.64. The van der Waals surface area contributed by atoms with Gasteiger partial charge in [-0.3, -0.25) is 0 Å². The molecule has 0 saturated carbocycles. The summed E-state index contributed by atoms with van der Waals surface area (Å²) < 4.78 is 0. The van der Waals surface area contributed by atoms with Gasteiger partial charge >= 0.3 is 0 Å².